The van der Waals surface area contributed by atoms with Gasteiger partial charge in [-0.05, 0) is 48.2 Å². The first kappa shape index (κ1) is 21.2. The lowest BCUT2D eigenvalue weighted by Crippen LogP contribution is -2.47. The molecule has 0 aliphatic carbocycles. The average molecular weight is 418 g/mol. The van der Waals surface area contributed by atoms with Crippen molar-refractivity contribution in [2.75, 3.05) is 0 Å². The fourth-order valence-electron chi connectivity index (χ4n) is 4.42. The predicted octanol–water partition coefficient (Wildman–Crippen LogP) is 6.20. The Balaban J connectivity index is 1.53. The largest absolute Gasteiger partial charge is 0.487 e. The number of carbonyl (C=O) groups excluding carboxylic acids is 1. The highest BCUT2D eigenvalue weighted by molar-refractivity contribution is 5.84. The van der Waals surface area contributed by atoms with Crippen LogP contribution in [0.1, 0.15) is 58.1 Å². The van der Waals surface area contributed by atoms with Crippen molar-refractivity contribution in [3.8, 4) is 11.5 Å². The first-order valence-electron chi connectivity index (χ1n) is 11.3. The van der Waals surface area contributed by atoms with E-state index in [1.54, 1.807) is 0 Å². The summed E-state index contributed by atoms with van der Waals surface area (Å²) in [5.74, 6) is 1.49. The highest BCUT2D eigenvalue weighted by Gasteiger charge is 2.39. The molecule has 3 aromatic rings. The van der Waals surface area contributed by atoms with Crippen LogP contribution in [0.15, 0.2) is 66.7 Å². The summed E-state index contributed by atoms with van der Waals surface area (Å²) >= 11 is 0. The number of hydrogen-bond donors (Lipinski definition) is 1. The second-order valence-electron chi connectivity index (χ2n) is 8.32. The van der Waals surface area contributed by atoms with Crippen LogP contribution in [0.5, 0.6) is 11.5 Å². The molecule has 2 atom stereocenters. The quantitative estimate of drug-likeness (QED) is 0.498. The SMILES string of the molecule is CC[C@@H](Oc1ccc2ccccc2c1)C(=O)N[C@H]1CC(CC)(CC)Oc2ccccc21. The Hall–Kier alpha value is -3.01. The Labute approximate surface area is 184 Å². The summed E-state index contributed by atoms with van der Waals surface area (Å²) in [5, 5.41) is 5.52. The van der Waals surface area contributed by atoms with E-state index in [9.17, 15) is 4.79 Å². The van der Waals surface area contributed by atoms with Gasteiger partial charge >= 0.3 is 0 Å². The van der Waals surface area contributed by atoms with Crippen LogP contribution in [0.25, 0.3) is 10.8 Å². The van der Waals surface area contributed by atoms with E-state index in [1.165, 1.54) is 0 Å². The second-order valence-corrected chi connectivity index (χ2v) is 8.32. The van der Waals surface area contributed by atoms with Crippen LogP contribution in [0, 0.1) is 0 Å². The number of nitrogens with one attached hydrogen (secondary N) is 1. The van der Waals surface area contributed by atoms with Gasteiger partial charge < -0.3 is 14.8 Å². The minimum absolute atomic E-state index is 0.0848. The Kier molecular flexibility index (Phi) is 6.17. The lowest BCUT2D eigenvalue weighted by molar-refractivity contribution is -0.129. The van der Waals surface area contributed by atoms with Crippen LogP contribution < -0.4 is 14.8 Å². The molecular formula is C27H31NO3. The Bertz CT molecular complexity index is 1060. The van der Waals surface area contributed by atoms with Crippen LogP contribution >= 0.6 is 0 Å². The van der Waals surface area contributed by atoms with Gasteiger partial charge in [0.1, 0.15) is 17.1 Å². The monoisotopic (exact) mass is 417 g/mol. The Morgan fingerprint density at radius 1 is 1.03 bits per heavy atom. The van der Waals surface area contributed by atoms with E-state index in [2.05, 4.69) is 31.3 Å². The minimum atomic E-state index is -0.547. The van der Waals surface area contributed by atoms with Gasteiger partial charge in [0.15, 0.2) is 6.10 Å². The summed E-state index contributed by atoms with van der Waals surface area (Å²) in [7, 11) is 0. The van der Waals surface area contributed by atoms with Crippen molar-refractivity contribution >= 4 is 16.7 Å². The first-order chi connectivity index (χ1) is 15.1. The topological polar surface area (TPSA) is 47.6 Å². The molecule has 162 valence electrons. The molecule has 0 spiro atoms. The lowest BCUT2D eigenvalue weighted by Gasteiger charge is -2.42. The van der Waals surface area contributed by atoms with Gasteiger partial charge in [-0.1, -0.05) is 69.3 Å². The van der Waals surface area contributed by atoms with E-state index in [0.29, 0.717) is 12.2 Å². The fourth-order valence-corrected chi connectivity index (χ4v) is 4.42. The normalized spacial score (nSPS) is 18.0. The number of fused-ring (bicyclic) bond motifs is 2. The number of benzene rings is 3. The zero-order valence-electron chi connectivity index (χ0n) is 18.6. The van der Waals surface area contributed by atoms with Gasteiger partial charge in [-0.25, -0.2) is 0 Å². The number of carbonyl (C=O) groups is 1. The van der Waals surface area contributed by atoms with Gasteiger partial charge in [-0.3, -0.25) is 4.79 Å². The summed E-state index contributed by atoms with van der Waals surface area (Å²) in [6, 6.07) is 22.0. The maximum Gasteiger partial charge on any atom is 0.261 e. The molecule has 1 aliphatic rings. The maximum atomic E-state index is 13.2. The van der Waals surface area contributed by atoms with Crippen molar-refractivity contribution in [2.24, 2.45) is 0 Å². The molecule has 0 bridgehead atoms. The van der Waals surface area contributed by atoms with Gasteiger partial charge in [-0.2, -0.15) is 0 Å². The van der Waals surface area contributed by atoms with Crippen LogP contribution in [0.2, 0.25) is 0 Å². The molecule has 1 aliphatic heterocycles. The van der Waals surface area contributed by atoms with E-state index < -0.39 is 6.10 Å². The van der Waals surface area contributed by atoms with E-state index in [4.69, 9.17) is 9.47 Å². The van der Waals surface area contributed by atoms with Crippen molar-refractivity contribution in [3.05, 3.63) is 72.3 Å². The maximum absolute atomic E-state index is 13.2. The second kappa shape index (κ2) is 9.01. The summed E-state index contributed by atoms with van der Waals surface area (Å²) < 4.78 is 12.5. The molecule has 4 heteroatoms. The molecule has 0 unspecified atom stereocenters. The van der Waals surface area contributed by atoms with Crippen molar-refractivity contribution in [1.82, 2.24) is 5.32 Å². The van der Waals surface area contributed by atoms with Crippen LogP contribution in [0.3, 0.4) is 0 Å². The molecule has 0 saturated carbocycles. The van der Waals surface area contributed by atoms with Gasteiger partial charge in [0.2, 0.25) is 0 Å². The minimum Gasteiger partial charge on any atom is -0.487 e. The standard InChI is InChI=1S/C27H31NO3/c1-4-24(30-21-16-15-19-11-7-8-12-20(19)17-21)26(29)28-23-18-27(5-2,6-3)31-25-14-10-9-13-22(23)25/h7-17,23-24H,4-6,18H2,1-3H3,(H,28,29)/t23-,24+/m0/s1. The van der Waals surface area contributed by atoms with Crippen molar-refractivity contribution in [1.29, 1.82) is 0 Å². The fraction of sp³-hybridized carbons (Fsp3) is 0.370. The highest BCUT2D eigenvalue weighted by atomic mass is 16.5. The van der Waals surface area contributed by atoms with Crippen molar-refractivity contribution in [3.63, 3.8) is 0 Å². The number of ether oxygens (including phenoxy) is 2. The third-order valence-electron chi connectivity index (χ3n) is 6.46. The molecule has 0 aromatic heterocycles. The molecule has 3 aromatic carbocycles. The van der Waals surface area contributed by atoms with Crippen molar-refractivity contribution in [2.45, 2.75) is 64.2 Å². The molecule has 31 heavy (non-hydrogen) atoms. The number of para-hydroxylation sites is 1. The van der Waals surface area contributed by atoms with Crippen molar-refractivity contribution < 1.29 is 14.3 Å². The third-order valence-corrected chi connectivity index (χ3v) is 6.46. The zero-order chi connectivity index (χ0) is 21.8. The lowest BCUT2D eigenvalue weighted by atomic mass is 9.83. The van der Waals surface area contributed by atoms with Gasteiger partial charge in [-0.15, -0.1) is 0 Å². The molecule has 0 saturated heterocycles. The molecule has 1 N–H and O–H groups in total. The van der Waals surface area contributed by atoms with Gasteiger partial charge in [0.25, 0.3) is 5.91 Å². The molecule has 1 amide bonds. The molecule has 0 radical (unpaired) electrons. The molecule has 0 fully saturated rings. The van der Waals surface area contributed by atoms with Gasteiger partial charge in [0.05, 0.1) is 6.04 Å². The summed E-state index contributed by atoms with van der Waals surface area (Å²) in [6.45, 7) is 6.27. The average Bonchev–Trinajstić information content (AvgIpc) is 2.82. The highest BCUT2D eigenvalue weighted by Crippen LogP contribution is 2.42. The molecule has 1 heterocycles. The predicted molar refractivity (Wildman–Crippen MR) is 125 cm³/mol. The smallest absolute Gasteiger partial charge is 0.261 e. The van der Waals surface area contributed by atoms with E-state index in [0.717, 1.165) is 41.3 Å². The van der Waals surface area contributed by atoms with E-state index in [-0.39, 0.29) is 17.6 Å². The van der Waals surface area contributed by atoms with Crippen LogP contribution in [0.4, 0.5) is 0 Å². The number of amides is 1. The Morgan fingerprint density at radius 3 is 2.48 bits per heavy atom. The van der Waals surface area contributed by atoms with E-state index >= 15 is 0 Å². The molecular weight excluding hydrogens is 386 g/mol. The molecule has 4 rings (SSSR count). The summed E-state index contributed by atoms with van der Waals surface area (Å²) in [6.07, 6.45) is 2.60. The van der Waals surface area contributed by atoms with Gasteiger partial charge in [0, 0.05) is 12.0 Å². The zero-order valence-corrected chi connectivity index (χ0v) is 18.6. The number of hydrogen-bond acceptors (Lipinski definition) is 3. The summed E-state index contributed by atoms with van der Waals surface area (Å²) in [4.78, 5) is 13.2. The first-order valence-corrected chi connectivity index (χ1v) is 11.3. The number of rotatable bonds is 7. The molecule has 4 nitrogen and oxygen atoms in total. The van der Waals surface area contributed by atoms with E-state index in [1.807, 2.05) is 61.5 Å². The Morgan fingerprint density at radius 2 is 1.74 bits per heavy atom. The van der Waals surface area contributed by atoms with Crippen LogP contribution in [-0.2, 0) is 4.79 Å². The summed E-state index contributed by atoms with van der Waals surface area (Å²) in [5.41, 5.74) is 0.779. The van der Waals surface area contributed by atoms with Crippen LogP contribution in [-0.4, -0.2) is 17.6 Å². The third kappa shape index (κ3) is 4.39.